The number of nitrogens with zero attached hydrogens (tertiary/aromatic N) is 2. The highest BCUT2D eigenvalue weighted by atomic mass is 16.5. The van der Waals surface area contributed by atoms with Crippen molar-refractivity contribution in [2.24, 2.45) is 0 Å². The molecule has 0 spiro atoms. The summed E-state index contributed by atoms with van der Waals surface area (Å²) in [6.07, 6.45) is 2.47. The predicted molar refractivity (Wildman–Crippen MR) is 60.9 cm³/mol. The van der Waals surface area contributed by atoms with Gasteiger partial charge in [-0.1, -0.05) is 6.08 Å². The van der Waals surface area contributed by atoms with Gasteiger partial charge in [0.1, 0.15) is 5.69 Å². The number of ether oxygens (including phenoxy) is 1. The van der Waals surface area contributed by atoms with Crippen LogP contribution in [-0.2, 0) is 11.3 Å². The van der Waals surface area contributed by atoms with Crippen LogP contribution in [0.4, 0.5) is 0 Å². The lowest BCUT2D eigenvalue weighted by atomic mass is 10.0. The number of fused-ring (bicyclic) bond motifs is 1. The molecule has 0 fully saturated rings. The Labute approximate surface area is 99.1 Å². The first-order valence-electron chi connectivity index (χ1n) is 5.62. The quantitative estimate of drug-likeness (QED) is 0.576. The van der Waals surface area contributed by atoms with E-state index in [1.807, 2.05) is 13.0 Å². The van der Waals surface area contributed by atoms with Gasteiger partial charge in [0.05, 0.1) is 6.61 Å². The predicted octanol–water partition coefficient (Wildman–Crippen LogP) is 1.59. The molecule has 0 radical (unpaired) electrons. The minimum atomic E-state index is -0.482. The molecule has 0 amide bonds. The van der Waals surface area contributed by atoms with E-state index in [0.717, 1.165) is 5.57 Å². The number of rotatable bonds is 2. The Morgan fingerprint density at radius 2 is 2.41 bits per heavy atom. The number of carbonyl (C=O) groups is 2. The van der Waals surface area contributed by atoms with Crippen molar-refractivity contribution in [3.05, 3.63) is 29.1 Å². The van der Waals surface area contributed by atoms with Gasteiger partial charge in [-0.2, -0.15) is 5.10 Å². The van der Waals surface area contributed by atoms with Crippen molar-refractivity contribution >= 4 is 11.8 Å². The first kappa shape index (κ1) is 11.6. The molecule has 1 aromatic heterocycles. The number of esters is 1. The van der Waals surface area contributed by atoms with Crippen LogP contribution in [0.15, 0.2) is 17.7 Å². The van der Waals surface area contributed by atoms with E-state index in [9.17, 15) is 9.59 Å². The summed E-state index contributed by atoms with van der Waals surface area (Å²) in [6.45, 7) is 4.50. The second kappa shape index (κ2) is 4.53. The number of hydrogen-bond acceptors (Lipinski definition) is 4. The molecule has 1 aliphatic heterocycles. The lowest BCUT2D eigenvalue weighted by Crippen LogP contribution is -2.19. The van der Waals surface area contributed by atoms with Gasteiger partial charge < -0.3 is 4.74 Å². The molecule has 1 aliphatic rings. The molecule has 5 heteroatoms. The van der Waals surface area contributed by atoms with Gasteiger partial charge in [-0.25, -0.2) is 4.79 Å². The molecule has 0 bridgehead atoms. The number of carbonyl (C=O) groups excluding carboxylic acids is 2. The average molecular weight is 234 g/mol. The summed E-state index contributed by atoms with van der Waals surface area (Å²) >= 11 is 0. The van der Waals surface area contributed by atoms with Crippen LogP contribution in [0.2, 0.25) is 0 Å². The molecule has 1 aromatic rings. The normalized spacial score (nSPS) is 17.1. The molecular weight excluding hydrogens is 220 g/mol. The van der Waals surface area contributed by atoms with E-state index in [4.69, 9.17) is 4.74 Å². The highest BCUT2D eigenvalue weighted by Crippen LogP contribution is 2.20. The van der Waals surface area contributed by atoms with Crippen LogP contribution in [0.3, 0.4) is 0 Å². The molecule has 0 saturated carbocycles. The molecule has 90 valence electrons. The summed E-state index contributed by atoms with van der Waals surface area (Å²) in [4.78, 5) is 23.5. The third-order valence-corrected chi connectivity index (χ3v) is 2.73. The van der Waals surface area contributed by atoms with Crippen LogP contribution in [0.5, 0.6) is 0 Å². The maximum Gasteiger partial charge on any atom is 0.358 e. The van der Waals surface area contributed by atoms with Gasteiger partial charge in [0.25, 0.3) is 0 Å². The average Bonchev–Trinajstić information content (AvgIpc) is 2.75. The van der Waals surface area contributed by atoms with Gasteiger partial charge in [0, 0.05) is 12.6 Å². The van der Waals surface area contributed by atoms with Crippen LogP contribution in [0.1, 0.15) is 41.2 Å². The highest BCUT2D eigenvalue weighted by molar-refractivity contribution is 6.09. The Hall–Kier alpha value is -1.91. The summed E-state index contributed by atoms with van der Waals surface area (Å²) in [5.74, 6) is -0.536. The van der Waals surface area contributed by atoms with E-state index >= 15 is 0 Å². The minimum absolute atomic E-state index is 0.0539. The molecule has 0 unspecified atom stereocenters. The largest absolute Gasteiger partial charge is 0.461 e. The standard InChI is InChI=1S/C12H14N2O3/c1-3-8-5-6-14-10(11(8)15)7-9(13-14)12(16)17-4-2/h3,7H,4-6H2,1-2H3. The number of Topliss-reactive ketones (excluding diaryl/α,β-unsaturated/α-hetero) is 1. The summed E-state index contributed by atoms with van der Waals surface area (Å²) in [6, 6.07) is 1.50. The maximum absolute atomic E-state index is 12.0. The number of aryl methyl sites for hydroxylation is 1. The van der Waals surface area contributed by atoms with Crippen LogP contribution in [0.25, 0.3) is 0 Å². The SMILES string of the molecule is CC=C1CCn2nc(C(=O)OCC)cc2C1=O. The van der Waals surface area contributed by atoms with Gasteiger partial charge in [0.15, 0.2) is 5.69 Å². The number of hydrogen-bond donors (Lipinski definition) is 0. The van der Waals surface area contributed by atoms with Crippen molar-refractivity contribution in [1.82, 2.24) is 9.78 Å². The van der Waals surface area contributed by atoms with Crippen molar-refractivity contribution < 1.29 is 14.3 Å². The van der Waals surface area contributed by atoms with E-state index in [1.54, 1.807) is 11.6 Å². The van der Waals surface area contributed by atoms with Crippen molar-refractivity contribution in [2.45, 2.75) is 26.8 Å². The molecule has 17 heavy (non-hydrogen) atoms. The number of allylic oxidation sites excluding steroid dienone is 2. The Bertz CT molecular complexity index is 500. The monoisotopic (exact) mass is 234 g/mol. The first-order valence-corrected chi connectivity index (χ1v) is 5.62. The van der Waals surface area contributed by atoms with Crippen LogP contribution >= 0.6 is 0 Å². The number of ketones is 1. The van der Waals surface area contributed by atoms with Gasteiger partial charge in [0.2, 0.25) is 5.78 Å². The van der Waals surface area contributed by atoms with Crippen molar-refractivity contribution in [2.75, 3.05) is 6.61 Å². The lowest BCUT2D eigenvalue weighted by molar-refractivity contribution is 0.0518. The van der Waals surface area contributed by atoms with Gasteiger partial charge in [-0.3, -0.25) is 9.48 Å². The zero-order valence-corrected chi connectivity index (χ0v) is 9.90. The van der Waals surface area contributed by atoms with Gasteiger partial charge in [-0.05, 0) is 25.8 Å². The van der Waals surface area contributed by atoms with Crippen molar-refractivity contribution in [1.29, 1.82) is 0 Å². The zero-order valence-electron chi connectivity index (χ0n) is 9.90. The Kier molecular flexibility index (Phi) is 3.08. The molecule has 2 rings (SSSR count). The molecule has 0 saturated heterocycles. The molecule has 0 atom stereocenters. The van der Waals surface area contributed by atoms with E-state index < -0.39 is 5.97 Å². The number of aromatic nitrogens is 2. The van der Waals surface area contributed by atoms with Crippen LogP contribution in [0, 0.1) is 0 Å². The van der Waals surface area contributed by atoms with Crippen molar-refractivity contribution in [3.8, 4) is 0 Å². The van der Waals surface area contributed by atoms with E-state index in [1.165, 1.54) is 6.07 Å². The van der Waals surface area contributed by atoms with E-state index in [-0.39, 0.29) is 11.5 Å². The second-order valence-corrected chi connectivity index (χ2v) is 3.75. The summed E-state index contributed by atoms with van der Waals surface area (Å²) in [5, 5.41) is 4.08. The van der Waals surface area contributed by atoms with Gasteiger partial charge in [-0.15, -0.1) is 0 Å². The third-order valence-electron chi connectivity index (χ3n) is 2.73. The molecule has 0 N–H and O–H groups in total. The Morgan fingerprint density at radius 1 is 1.65 bits per heavy atom. The molecule has 5 nitrogen and oxygen atoms in total. The topological polar surface area (TPSA) is 61.2 Å². The smallest absolute Gasteiger partial charge is 0.358 e. The summed E-state index contributed by atoms with van der Waals surface area (Å²) < 4.78 is 6.42. The molecule has 2 heterocycles. The fraction of sp³-hybridized carbons (Fsp3) is 0.417. The van der Waals surface area contributed by atoms with Crippen molar-refractivity contribution in [3.63, 3.8) is 0 Å². The molecule has 0 aromatic carbocycles. The van der Waals surface area contributed by atoms with Crippen LogP contribution in [-0.4, -0.2) is 28.1 Å². The fourth-order valence-electron chi connectivity index (χ4n) is 1.85. The third kappa shape index (κ3) is 2.00. The minimum Gasteiger partial charge on any atom is -0.461 e. The fourth-order valence-corrected chi connectivity index (χ4v) is 1.85. The second-order valence-electron chi connectivity index (χ2n) is 3.75. The van der Waals surface area contributed by atoms with E-state index in [2.05, 4.69) is 5.10 Å². The highest BCUT2D eigenvalue weighted by Gasteiger charge is 2.25. The summed E-state index contributed by atoms with van der Waals surface area (Å²) in [7, 11) is 0. The Balaban J connectivity index is 2.34. The maximum atomic E-state index is 12.0. The zero-order chi connectivity index (χ0) is 12.4. The van der Waals surface area contributed by atoms with Crippen LogP contribution < -0.4 is 0 Å². The van der Waals surface area contributed by atoms with Gasteiger partial charge >= 0.3 is 5.97 Å². The Morgan fingerprint density at radius 3 is 3.06 bits per heavy atom. The first-order chi connectivity index (χ1) is 8.17. The van der Waals surface area contributed by atoms with E-state index in [0.29, 0.717) is 25.3 Å². The molecular formula is C12H14N2O3. The summed E-state index contributed by atoms with van der Waals surface area (Å²) in [5.41, 5.74) is 1.44. The lowest BCUT2D eigenvalue weighted by Gasteiger charge is -2.14. The molecule has 0 aliphatic carbocycles.